The zero-order chi connectivity index (χ0) is 18.5. The van der Waals surface area contributed by atoms with E-state index in [0.29, 0.717) is 0 Å². The van der Waals surface area contributed by atoms with Crippen LogP contribution in [0.25, 0.3) is 0 Å². The summed E-state index contributed by atoms with van der Waals surface area (Å²) in [5.74, 6) is 12.8. The summed E-state index contributed by atoms with van der Waals surface area (Å²) in [6.45, 7) is 3.01. The predicted octanol–water partition coefficient (Wildman–Crippen LogP) is 5.53. The van der Waals surface area contributed by atoms with Gasteiger partial charge in [-0.2, -0.15) is 0 Å². The molecule has 26 heavy (non-hydrogen) atoms. The van der Waals surface area contributed by atoms with Crippen LogP contribution in [0.15, 0.2) is 48.5 Å². The molecule has 0 aromatic heterocycles. The van der Waals surface area contributed by atoms with Gasteiger partial charge in [-0.1, -0.05) is 50.9 Å². The van der Waals surface area contributed by atoms with Gasteiger partial charge in [0.25, 0.3) is 0 Å². The number of unbranched alkanes of at least 4 members (excludes halogenated alkanes) is 5. The summed E-state index contributed by atoms with van der Waals surface area (Å²) in [4.78, 5) is 0. The molecule has 0 bridgehead atoms. The van der Waals surface area contributed by atoms with E-state index >= 15 is 0 Å². The van der Waals surface area contributed by atoms with Crippen molar-refractivity contribution in [3.63, 3.8) is 0 Å². The van der Waals surface area contributed by atoms with Crippen LogP contribution in [0.4, 0.5) is 0 Å². The van der Waals surface area contributed by atoms with Crippen LogP contribution >= 0.6 is 0 Å². The lowest BCUT2D eigenvalue weighted by Gasteiger charge is -2.06. The minimum absolute atomic E-state index is 0.237. The molecule has 0 heterocycles. The third-order valence-electron chi connectivity index (χ3n) is 3.96. The lowest BCUT2D eigenvalue weighted by atomic mass is 10.1. The van der Waals surface area contributed by atoms with Crippen LogP contribution < -0.4 is 4.74 Å². The fourth-order valence-electron chi connectivity index (χ4n) is 2.46. The van der Waals surface area contributed by atoms with E-state index in [1.54, 1.807) is 24.3 Å². The maximum atomic E-state index is 9.22. The van der Waals surface area contributed by atoms with Crippen molar-refractivity contribution < 1.29 is 9.84 Å². The zero-order valence-electron chi connectivity index (χ0n) is 15.4. The van der Waals surface area contributed by atoms with Crippen LogP contribution in [0.2, 0.25) is 0 Å². The monoisotopic (exact) mass is 346 g/mol. The fourth-order valence-corrected chi connectivity index (χ4v) is 2.46. The van der Waals surface area contributed by atoms with Gasteiger partial charge in [-0.25, -0.2) is 0 Å². The van der Waals surface area contributed by atoms with Gasteiger partial charge in [0.15, 0.2) is 0 Å². The van der Waals surface area contributed by atoms with Crippen molar-refractivity contribution in [3.05, 3.63) is 59.7 Å². The largest absolute Gasteiger partial charge is 0.508 e. The zero-order valence-corrected chi connectivity index (χ0v) is 15.4. The van der Waals surface area contributed by atoms with Gasteiger partial charge in [0.2, 0.25) is 0 Å². The molecule has 2 rings (SSSR count). The smallest absolute Gasteiger partial charge is 0.119 e. The first-order valence-electron chi connectivity index (χ1n) is 9.32. The average Bonchev–Trinajstić information content (AvgIpc) is 2.67. The Bertz CT molecular complexity index is 765. The molecule has 0 atom stereocenters. The van der Waals surface area contributed by atoms with Crippen molar-refractivity contribution in [2.75, 3.05) is 6.61 Å². The van der Waals surface area contributed by atoms with E-state index < -0.39 is 0 Å². The third-order valence-corrected chi connectivity index (χ3v) is 3.96. The lowest BCUT2D eigenvalue weighted by molar-refractivity contribution is 0.304. The molecule has 0 aliphatic rings. The highest BCUT2D eigenvalue weighted by molar-refractivity contribution is 5.46. The number of phenolic OH excluding ortho intramolecular Hbond substituents is 1. The van der Waals surface area contributed by atoms with Gasteiger partial charge in [0.1, 0.15) is 11.5 Å². The van der Waals surface area contributed by atoms with Crippen LogP contribution in [0.5, 0.6) is 11.5 Å². The Kier molecular flexibility index (Phi) is 8.74. The summed E-state index contributed by atoms with van der Waals surface area (Å²) in [6.07, 6.45) is 7.61. The Morgan fingerprint density at radius 1 is 0.731 bits per heavy atom. The summed E-state index contributed by atoms with van der Waals surface area (Å²) in [5, 5.41) is 9.22. The highest BCUT2D eigenvalue weighted by Gasteiger charge is 1.95. The fraction of sp³-hybridized carbons (Fsp3) is 0.333. The third kappa shape index (κ3) is 7.82. The molecule has 0 saturated heterocycles. The highest BCUT2D eigenvalue weighted by Crippen LogP contribution is 2.13. The minimum atomic E-state index is 0.237. The Labute approximate surface area is 157 Å². The normalized spacial score (nSPS) is 9.58. The van der Waals surface area contributed by atoms with E-state index in [-0.39, 0.29) is 5.75 Å². The number of hydrogen-bond donors (Lipinski definition) is 1. The second-order valence-corrected chi connectivity index (χ2v) is 6.19. The van der Waals surface area contributed by atoms with Crippen molar-refractivity contribution in [2.45, 2.75) is 45.4 Å². The van der Waals surface area contributed by atoms with Crippen LogP contribution in [-0.2, 0) is 0 Å². The molecule has 2 aromatic rings. The van der Waals surface area contributed by atoms with Crippen molar-refractivity contribution in [1.82, 2.24) is 0 Å². The summed E-state index contributed by atoms with van der Waals surface area (Å²) in [6, 6.07) is 14.6. The van der Waals surface area contributed by atoms with Crippen LogP contribution in [0.1, 0.15) is 56.6 Å². The summed E-state index contributed by atoms with van der Waals surface area (Å²) >= 11 is 0. The van der Waals surface area contributed by atoms with Crippen molar-refractivity contribution in [1.29, 1.82) is 0 Å². The Balaban J connectivity index is 1.73. The minimum Gasteiger partial charge on any atom is -0.508 e. The maximum Gasteiger partial charge on any atom is 0.119 e. The van der Waals surface area contributed by atoms with Crippen LogP contribution in [0.3, 0.4) is 0 Å². The molecule has 0 saturated carbocycles. The average molecular weight is 346 g/mol. The Morgan fingerprint density at radius 3 is 1.88 bits per heavy atom. The molecule has 134 valence electrons. The molecule has 2 aromatic carbocycles. The van der Waals surface area contributed by atoms with Crippen molar-refractivity contribution >= 4 is 0 Å². The predicted molar refractivity (Wildman–Crippen MR) is 107 cm³/mol. The van der Waals surface area contributed by atoms with Gasteiger partial charge in [0.05, 0.1) is 6.61 Å². The first kappa shape index (κ1) is 19.5. The molecule has 0 radical (unpaired) electrons. The summed E-state index contributed by atoms with van der Waals surface area (Å²) in [5.41, 5.74) is 1.74. The van der Waals surface area contributed by atoms with E-state index in [9.17, 15) is 5.11 Å². The van der Waals surface area contributed by atoms with Crippen molar-refractivity contribution in [3.8, 4) is 35.2 Å². The number of hydrogen-bond acceptors (Lipinski definition) is 2. The lowest BCUT2D eigenvalue weighted by Crippen LogP contribution is -1.97. The SMILES string of the molecule is CCCCCCCCOc1ccc(C#CC#Cc2ccc(O)cc2)cc1. The van der Waals surface area contributed by atoms with Gasteiger partial charge in [-0.3, -0.25) is 0 Å². The van der Waals surface area contributed by atoms with Gasteiger partial charge in [-0.15, -0.1) is 0 Å². The molecule has 0 aliphatic heterocycles. The summed E-state index contributed by atoms with van der Waals surface area (Å²) in [7, 11) is 0. The first-order chi connectivity index (χ1) is 12.8. The van der Waals surface area contributed by atoms with Gasteiger partial charge in [0, 0.05) is 11.1 Å². The molecular formula is C24H26O2. The Hall–Kier alpha value is -2.84. The molecule has 0 fully saturated rings. The van der Waals surface area contributed by atoms with E-state index in [2.05, 4.69) is 30.6 Å². The highest BCUT2D eigenvalue weighted by atomic mass is 16.5. The molecule has 0 amide bonds. The van der Waals surface area contributed by atoms with Gasteiger partial charge < -0.3 is 9.84 Å². The molecule has 0 unspecified atom stereocenters. The van der Waals surface area contributed by atoms with Gasteiger partial charge in [-0.05, 0) is 66.8 Å². The van der Waals surface area contributed by atoms with Crippen LogP contribution in [0, 0.1) is 23.7 Å². The van der Waals surface area contributed by atoms with E-state index in [1.807, 2.05) is 24.3 Å². The number of phenols is 1. The molecule has 2 heteroatoms. The molecule has 0 aliphatic carbocycles. The number of benzene rings is 2. The number of ether oxygens (including phenoxy) is 1. The van der Waals surface area contributed by atoms with E-state index in [1.165, 1.54) is 32.1 Å². The van der Waals surface area contributed by atoms with Gasteiger partial charge >= 0.3 is 0 Å². The molecule has 1 N–H and O–H groups in total. The quantitative estimate of drug-likeness (QED) is 0.503. The number of rotatable bonds is 8. The Morgan fingerprint density at radius 2 is 1.27 bits per heavy atom. The standard InChI is InChI=1S/C24H26O2/c1-2-3-4-5-6-9-20-26-24-18-14-22(15-19-24)11-8-7-10-21-12-16-23(25)17-13-21/h12-19,25H,2-6,9,20H2,1H3. The number of aromatic hydroxyl groups is 1. The van der Waals surface area contributed by atoms with Crippen LogP contribution in [-0.4, -0.2) is 11.7 Å². The summed E-state index contributed by atoms with van der Waals surface area (Å²) < 4.78 is 5.76. The molecule has 0 spiro atoms. The molecule has 2 nitrogen and oxygen atoms in total. The molecular weight excluding hydrogens is 320 g/mol. The van der Waals surface area contributed by atoms with E-state index in [4.69, 9.17) is 4.74 Å². The van der Waals surface area contributed by atoms with E-state index in [0.717, 1.165) is 29.9 Å². The maximum absolute atomic E-state index is 9.22. The first-order valence-corrected chi connectivity index (χ1v) is 9.32. The second kappa shape index (κ2) is 11.7. The second-order valence-electron chi connectivity index (χ2n) is 6.19. The van der Waals surface area contributed by atoms with Crippen molar-refractivity contribution in [2.24, 2.45) is 0 Å². The topological polar surface area (TPSA) is 29.5 Å².